The summed E-state index contributed by atoms with van der Waals surface area (Å²) in [5.41, 5.74) is 3.23. The van der Waals surface area contributed by atoms with Crippen LogP contribution in [-0.4, -0.2) is 24.6 Å². The lowest BCUT2D eigenvalue weighted by atomic mass is 10.1. The molecule has 156 valence electrons. The third kappa shape index (κ3) is 3.29. The van der Waals surface area contributed by atoms with Gasteiger partial charge in [-0.15, -0.1) is 0 Å². The van der Waals surface area contributed by atoms with Gasteiger partial charge in [0.1, 0.15) is 0 Å². The number of carbonyl (C=O) groups is 1. The molecule has 10 heteroatoms. The maximum atomic E-state index is 12.9. The Morgan fingerprint density at radius 1 is 0.968 bits per heavy atom. The van der Waals surface area contributed by atoms with Crippen LogP contribution in [0.5, 0.6) is 0 Å². The van der Waals surface area contributed by atoms with E-state index in [0.717, 1.165) is 4.57 Å². The molecule has 0 bridgehead atoms. The number of fused-ring (bicyclic) bond motifs is 1. The van der Waals surface area contributed by atoms with Gasteiger partial charge in [0, 0.05) is 37.4 Å². The van der Waals surface area contributed by atoms with Gasteiger partial charge in [-0.3, -0.25) is 38.9 Å². The number of nitro groups is 1. The van der Waals surface area contributed by atoms with E-state index >= 15 is 0 Å². The minimum Gasteiger partial charge on any atom is -0.295 e. The molecule has 4 rings (SSSR count). The van der Waals surface area contributed by atoms with Gasteiger partial charge in [0.05, 0.1) is 27.7 Å². The zero-order valence-electron chi connectivity index (χ0n) is 16.6. The Morgan fingerprint density at radius 2 is 1.61 bits per heavy atom. The SMILES string of the molecule is Cn1c(=O)c2c(-c3ccccc3)n(NC(=O)c3ccc([N+](=O)[O-])cc3)cc2n(C)c1=O. The van der Waals surface area contributed by atoms with Crippen molar-refractivity contribution in [3.05, 3.63) is 97.3 Å². The normalized spacial score (nSPS) is 10.9. The zero-order valence-corrected chi connectivity index (χ0v) is 16.6. The van der Waals surface area contributed by atoms with Crippen LogP contribution in [0.4, 0.5) is 5.69 Å². The summed E-state index contributed by atoms with van der Waals surface area (Å²) in [5.74, 6) is -0.533. The molecule has 2 aromatic heterocycles. The Bertz CT molecular complexity index is 1450. The van der Waals surface area contributed by atoms with E-state index in [9.17, 15) is 24.5 Å². The Kier molecular flexibility index (Phi) is 4.74. The van der Waals surface area contributed by atoms with Gasteiger partial charge in [0.25, 0.3) is 17.2 Å². The van der Waals surface area contributed by atoms with Crippen LogP contribution in [0.15, 0.2) is 70.4 Å². The smallest absolute Gasteiger partial charge is 0.295 e. The van der Waals surface area contributed by atoms with Crippen molar-refractivity contribution in [2.75, 3.05) is 5.43 Å². The number of rotatable bonds is 4. The van der Waals surface area contributed by atoms with E-state index in [0.29, 0.717) is 16.8 Å². The molecule has 0 saturated heterocycles. The quantitative estimate of drug-likeness (QED) is 0.401. The second-order valence-electron chi connectivity index (χ2n) is 6.92. The second kappa shape index (κ2) is 7.41. The summed E-state index contributed by atoms with van der Waals surface area (Å²) in [6.07, 6.45) is 1.50. The molecule has 0 aliphatic rings. The first-order valence-corrected chi connectivity index (χ1v) is 9.22. The molecule has 1 N–H and O–H groups in total. The average Bonchev–Trinajstić information content (AvgIpc) is 3.16. The average molecular weight is 419 g/mol. The van der Waals surface area contributed by atoms with Crippen LogP contribution in [0, 0.1) is 10.1 Å². The van der Waals surface area contributed by atoms with Crippen molar-refractivity contribution in [2.24, 2.45) is 14.1 Å². The summed E-state index contributed by atoms with van der Waals surface area (Å²) in [7, 11) is 2.94. The summed E-state index contributed by atoms with van der Waals surface area (Å²) in [6.45, 7) is 0. The van der Waals surface area contributed by atoms with Gasteiger partial charge in [0.15, 0.2) is 0 Å². The summed E-state index contributed by atoms with van der Waals surface area (Å²) in [6, 6.07) is 14.1. The van der Waals surface area contributed by atoms with Crippen molar-refractivity contribution >= 4 is 22.5 Å². The van der Waals surface area contributed by atoms with Gasteiger partial charge >= 0.3 is 5.69 Å². The molecule has 0 aliphatic heterocycles. The fourth-order valence-corrected chi connectivity index (χ4v) is 3.42. The number of aryl methyl sites for hydroxylation is 1. The molecule has 2 heterocycles. The molecule has 10 nitrogen and oxygen atoms in total. The lowest BCUT2D eigenvalue weighted by Gasteiger charge is -2.11. The molecular weight excluding hydrogens is 402 g/mol. The maximum Gasteiger partial charge on any atom is 0.330 e. The highest BCUT2D eigenvalue weighted by molar-refractivity contribution is 6.02. The fraction of sp³-hybridized carbons (Fsp3) is 0.0952. The molecule has 0 radical (unpaired) electrons. The predicted molar refractivity (Wildman–Crippen MR) is 115 cm³/mol. The number of benzene rings is 2. The van der Waals surface area contributed by atoms with Crippen molar-refractivity contribution in [1.29, 1.82) is 0 Å². The Balaban J connectivity index is 1.89. The molecule has 31 heavy (non-hydrogen) atoms. The van der Waals surface area contributed by atoms with E-state index < -0.39 is 22.1 Å². The minimum atomic E-state index is -0.551. The molecule has 0 spiro atoms. The van der Waals surface area contributed by atoms with Crippen molar-refractivity contribution in [3.63, 3.8) is 0 Å². The van der Waals surface area contributed by atoms with Gasteiger partial charge in [-0.2, -0.15) is 0 Å². The molecule has 0 fully saturated rings. The largest absolute Gasteiger partial charge is 0.330 e. The number of carbonyl (C=O) groups excluding carboxylic acids is 1. The van der Waals surface area contributed by atoms with Crippen molar-refractivity contribution in [3.8, 4) is 11.3 Å². The van der Waals surface area contributed by atoms with Gasteiger partial charge < -0.3 is 0 Å². The molecule has 1 amide bonds. The first-order valence-electron chi connectivity index (χ1n) is 9.22. The highest BCUT2D eigenvalue weighted by Crippen LogP contribution is 2.27. The number of amides is 1. The van der Waals surface area contributed by atoms with Crippen LogP contribution in [0.2, 0.25) is 0 Å². The number of nitro benzene ring substituents is 1. The second-order valence-corrected chi connectivity index (χ2v) is 6.92. The molecule has 0 saturated carbocycles. The fourth-order valence-electron chi connectivity index (χ4n) is 3.42. The Hall–Kier alpha value is -4.47. The van der Waals surface area contributed by atoms with Crippen molar-refractivity contribution < 1.29 is 9.72 Å². The van der Waals surface area contributed by atoms with Crippen molar-refractivity contribution in [2.45, 2.75) is 0 Å². The lowest BCUT2D eigenvalue weighted by molar-refractivity contribution is -0.384. The first kappa shape index (κ1) is 19.8. The van der Waals surface area contributed by atoms with Crippen LogP contribution in [0.1, 0.15) is 10.4 Å². The number of nitrogens with one attached hydrogen (secondary N) is 1. The zero-order chi connectivity index (χ0) is 22.3. The molecular formula is C21H17N5O5. The number of nitrogens with zero attached hydrogens (tertiary/aromatic N) is 4. The van der Waals surface area contributed by atoms with Crippen molar-refractivity contribution in [1.82, 2.24) is 13.8 Å². The number of hydrogen-bond donors (Lipinski definition) is 1. The standard InChI is InChI=1S/C21H17N5O5/c1-23-16-12-25(22-19(27)14-8-10-15(11-9-14)26(30)31)18(13-6-4-3-5-7-13)17(16)20(28)24(2)21(23)29/h3-12H,1-2H3,(H,22,27). The molecule has 0 unspecified atom stereocenters. The van der Waals surface area contributed by atoms with Crippen LogP contribution in [0.25, 0.3) is 22.2 Å². The number of aromatic nitrogens is 3. The van der Waals surface area contributed by atoms with E-state index in [4.69, 9.17) is 0 Å². The topological polar surface area (TPSA) is 121 Å². The first-order chi connectivity index (χ1) is 14.8. The van der Waals surface area contributed by atoms with E-state index in [2.05, 4.69) is 5.43 Å². The summed E-state index contributed by atoms with van der Waals surface area (Å²) >= 11 is 0. The van der Waals surface area contributed by atoms with E-state index in [1.807, 2.05) is 6.07 Å². The van der Waals surface area contributed by atoms with E-state index in [1.54, 1.807) is 31.3 Å². The predicted octanol–water partition coefficient (Wildman–Crippen LogP) is 2.00. The van der Waals surface area contributed by atoms with Crippen LogP contribution in [0.3, 0.4) is 0 Å². The highest BCUT2D eigenvalue weighted by atomic mass is 16.6. The number of non-ortho nitro benzene ring substituents is 1. The summed E-state index contributed by atoms with van der Waals surface area (Å²) < 4.78 is 3.74. The molecule has 0 atom stereocenters. The molecule has 2 aromatic carbocycles. The third-order valence-corrected chi connectivity index (χ3v) is 5.05. The minimum absolute atomic E-state index is 0.133. The third-order valence-electron chi connectivity index (χ3n) is 5.05. The van der Waals surface area contributed by atoms with Crippen LogP contribution in [-0.2, 0) is 14.1 Å². The lowest BCUT2D eigenvalue weighted by Crippen LogP contribution is -2.36. The van der Waals surface area contributed by atoms with E-state index in [-0.39, 0.29) is 16.6 Å². The van der Waals surface area contributed by atoms with Gasteiger partial charge in [-0.05, 0) is 12.1 Å². The highest BCUT2D eigenvalue weighted by Gasteiger charge is 2.21. The van der Waals surface area contributed by atoms with Crippen LogP contribution >= 0.6 is 0 Å². The molecule has 0 aliphatic carbocycles. The number of hydrogen-bond acceptors (Lipinski definition) is 5. The van der Waals surface area contributed by atoms with Gasteiger partial charge in [-0.25, -0.2) is 4.79 Å². The Labute approximate surface area is 174 Å². The Morgan fingerprint density at radius 3 is 2.23 bits per heavy atom. The van der Waals surface area contributed by atoms with Crippen LogP contribution < -0.4 is 16.7 Å². The van der Waals surface area contributed by atoms with E-state index in [1.165, 1.54) is 46.8 Å². The monoisotopic (exact) mass is 419 g/mol. The van der Waals surface area contributed by atoms with Gasteiger partial charge in [-0.1, -0.05) is 30.3 Å². The van der Waals surface area contributed by atoms with Gasteiger partial charge in [0.2, 0.25) is 0 Å². The summed E-state index contributed by atoms with van der Waals surface area (Å²) in [5, 5.41) is 11.1. The summed E-state index contributed by atoms with van der Waals surface area (Å²) in [4.78, 5) is 48.4. The maximum absolute atomic E-state index is 12.9. The molecule has 4 aromatic rings.